The van der Waals surface area contributed by atoms with Crippen molar-refractivity contribution < 1.29 is 13.2 Å². The van der Waals surface area contributed by atoms with Crippen molar-refractivity contribution in [2.24, 2.45) is 0 Å². The predicted molar refractivity (Wildman–Crippen MR) is 59.0 cm³/mol. The van der Waals surface area contributed by atoms with E-state index in [9.17, 15) is 18.0 Å². The standard InChI is InChI=1S/C9H9N3O4S/c13-8-2-1-7(11-12-8)9(14)10-6-3-4-17(15,16)5-6/h1-4,6H,5H2,(H,10,14)(H,12,13). The molecule has 0 radical (unpaired) electrons. The van der Waals surface area contributed by atoms with Gasteiger partial charge in [0.2, 0.25) is 0 Å². The predicted octanol–water partition coefficient (Wildman–Crippen LogP) is -1.19. The fourth-order valence-electron chi connectivity index (χ4n) is 1.38. The minimum atomic E-state index is -3.20. The summed E-state index contributed by atoms with van der Waals surface area (Å²) in [6.07, 6.45) is 1.40. The van der Waals surface area contributed by atoms with Gasteiger partial charge in [0.1, 0.15) is 5.69 Å². The summed E-state index contributed by atoms with van der Waals surface area (Å²) in [4.78, 5) is 22.3. The van der Waals surface area contributed by atoms with Crippen LogP contribution in [-0.2, 0) is 9.84 Å². The highest BCUT2D eigenvalue weighted by atomic mass is 32.2. The van der Waals surface area contributed by atoms with Crippen molar-refractivity contribution in [3.63, 3.8) is 0 Å². The SMILES string of the molecule is O=C(NC1C=CS(=O)(=O)C1)c1ccc(=O)[nH]n1. The van der Waals surface area contributed by atoms with Gasteiger partial charge >= 0.3 is 0 Å². The van der Waals surface area contributed by atoms with Crippen molar-refractivity contribution in [1.29, 1.82) is 0 Å². The summed E-state index contributed by atoms with van der Waals surface area (Å²) in [5.41, 5.74) is -0.382. The van der Waals surface area contributed by atoms with E-state index in [1.807, 2.05) is 0 Å². The normalized spacial score (nSPS) is 21.3. The van der Waals surface area contributed by atoms with Gasteiger partial charge < -0.3 is 5.32 Å². The zero-order chi connectivity index (χ0) is 12.5. The number of sulfone groups is 1. The Morgan fingerprint density at radius 3 is 2.76 bits per heavy atom. The van der Waals surface area contributed by atoms with E-state index in [-0.39, 0.29) is 11.4 Å². The summed E-state index contributed by atoms with van der Waals surface area (Å²) in [6.45, 7) is 0. The van der Waals surface area contributed by atoms with Crippen molar-refractivity contribution in [1.82, 2.24) is 15.5 Å². The molecule has 0 saturated carbocycles. The molecule has 1 aromatic rings. The maximum atomic E-state index is 11.6. The van der Waals surface area contributed by atoms with E-state index >= 15 is 0 Å². The van der Waals surface area contributed by atoms with Crippen molar-refractivity contribution in [2.45, 2.75) is 6.04 Å². The molecule has 7 nitrogen and oxygen atoms in total. The van der Waals surface area contributed by atoms with Crippen LogP contribution in [0.5, 0.6) is 0 Å². The molecule has 0 aromatic carbocycles. The zero-order valence-corrected chi connectivity index (χ0v) is 9.40. The van der Waals surface area contributed by atoms with Gasteiger partial charge in [-0.25, -0.2) is 13.5 Å². The summed E-state index contributed by atoms with van der Waals surface area (Å²) >= 11 is 0. The van der Waals surface area contributed by atoms with Crippen LogP contribution >= 0.6 is 0 Å². The first kappa shape index (κ1) is 11.5. The number of nitrogens with one attached hydrogen (secondary N) is 2. The second-order valence-electron chi connectivity index (χ2n) is 3.54. The lowest BCUT2D eigenvalue weighted by molar-refractivity contribution is 0.0941. The van der Waals surface area contributed by atoms with Gasteiger partial charge in [-0.2, -0.15) is 5.10 Å². The Labute approximate surface area is 96.5 Å². The Balaban J connectivity index is 2.06. The molecule has 1 unspecified atom stereocenters. The van der Waals surface area contributed by atoms with Crippen LogP contribution in [0.2, 0.25) is 0 Å². The highest BCUT2D eigenvalue weighted by molar-refractivity contribution is 7.94. The van der Waals surface area contributed by atoms with E-state index in [1.54, 1.807) is 0 Å². The van der Waals surface area contributed by atoms with Gasteiger partial charge in [0, 0.05) is 11.5 Å². The molecule has 2 rings (SSSR count). The Bertz CT molecular complexity index is 611. The molecule has 8 heteroatoms. The first-order valence-corrected chi connectivity index (χ1v) is 6.45. The van der Waals surface area contributed by atoms with Crippen molar-refractivity contribution >= 4 is 15.7 Å². The second-order valence-corrected chi connectivity index (χ2v) is 5.48. The third-order valence-corrected chi connectivity index (χ3v) is 3.55. The number of hydrogen-bond acceptors (Lipinski definition) is 5. The first-order chi connectivity index (χ1) is 7.96. The van der Waals surface area contributed by atoms with Crippen LogP contribution in [0.3, 0.4) is 0 Å². The number of H-pyrrole nitrogens is 1. The number of carbonyl (C=O) groups is 1. The molecule has 0 aliphatic carbocycles. The van der Waals surface area contributed by atoms with Crippen molar-refractivity contribution in [3.8, 4) is 0 Å². The highest BCUT2D eigenvalue weighted by Crippen LogP contribution is 2.08. The molecule has 90 valence electrons. The van der Waals surface area contributed by atoms with Crippen LogP contribution in [0.1, 0.15) is 10.5 Å². The maximum Gasteiger partial charge on any atom is 0.272 e. The highest BCUT2D eigenvalue weighted by Gasteiger charge is 2.23. The van der Waals surface area contributed by atoms with Crippen molar-refractivity contribution in [3.05, 3.63) is 39.7 Å². The molecule has 0 spiro atoms. The topological polar surface area (TPSA) is 109 Å². The number of amides is 1. The quantitative estimate of drug-likeness (QED) is 0.690. The second kappa shape index (κ2) is 4.13. The van der Waals surface area contributed by atoms with E-state index in [0.717, 1.165) is 5.41 Å². The molecule has 2 heterocycles. The smallest absolute Gasteiger partial charge is 0.272 e. The van der Waals surface area contributed by atoms with Crippen LogP contribution in [0.25, 0.3) is 0 Å². The number of nitrogens with zero attached hydrogens (tertiary/aromatic N) is 1. The summed E-state index contributed by atoms with van der Waals surface area (Å²) in [7, 11) is -3.20. The summed E-state index contributed by atoms with van der Waals surface area (Å²) in [5.74, 6) is -0.685. The molecule has 0 bridgehead atoms. The molecule has 1 amide bonds. The molecule has 2 N–H and O–H groups in total. The van der Waals surface area contributed by atoms with E-state index in [0.29, 0.717) is 0 Å². The molecular weight excluding hydrogens is 246 g/mol. The molecule has 17 heavy (non-hydrogen) atoms. The van der Waals surface area contributed by atoms with Crippen LogP contribution in [0.15, 0.2) is 28.4 Å². The fourth-order valence-corrected chi connectivity index (χ4v) is 2.61. The Kier molecular flexibility index (Phi) is 2.80. The van der Waals surface area contributed by atoms with Crippen LogP contribution in [0.4, 0.5) is 0 Å². The molecule has 1 atom stereocenters. The summed E-state index contributed by atoms with van der Waals surface area (Å²) < 4.78 is 22.2. The molecule has 0 fully saturated rings. The van der Waals surface area contributed by atoms with Gasteiger partial charge in [-0.05, 0) is 12.1 Å². The summed E-state index contributed by atoms with van der Waals surface area (Å²) in [5, 5.41) is 9.20. The van der Waals surface area contributed by atoms with E-state index in [2.05, 4.69) is 15.5 Å². The van der Waals surface area contributed by atoms with Gasteiger partial charge in [-0.3, -0.25) is 9.59 Å². The third-order valence-electron chi connectivity index (χ3n) is 2.16. The molecule has 1 aromatic heterocycles. The minimum absolute atomic E-state index is 0.0299. The van der Waals surface area contributed by atoms with Crippen molar-refractivity contribution in [2.75, 3.05) is 5.75 Å². The largest absolute Gasteiger partial charge is 0.343 e. The Morgan fingerprint density at radius 1 is 1.47 bits per heavy atom. The number of aromatic nitrogens is 2. The van der Waals surface area contributed by atoms with Gasteiger partial charge in [0.15, 0.2) is 9.84 Å². The Hall–Kier alpha value is -1.96. The monoisotopic (exact) mass is 255 g/mol. The minimum Gasteiger partial charge on any atom is -0.343 e. The van der Waals surface area contributed by atoms with E-state index in [4.69, 9.17) is 0 Å². The van der Waals surface area contributed by atoms with Gasteiger partial charge in [0.05, 0.1) is 11.8 Å². The molecule has 1 aliphatic heterocycles. The average Bonchev–Trinajstić information content (AvgIpc) is 2.59. The van der Waals surface area contributed by atoms with Gasteiger partial charge in [-0.1, -0.05) is 0 Å². The van der Waals surface area contributed by atoms with E-state index in [1.165, 1.54) is 18.2 Å². The van der Waals surface area contributed by atoms with Crippen LogP contribution < -0.4 is 10.9 Å². The van der Waals surface area contributed by atoms with Crippen LogP contribution in [0, 0.1) is 0 Å². The van der Waals surface area contributed by atoms with Crippen LogP contribution in [-0.4, -0.2) is 36.3 Å². The molecule has 1 aliphatic rings. The summed E-state index contributed by atoms with van der Waals surface area (Å²) in [6, 6.07) is 1.88. The van der Waals surface area contributed by atoms with Gasteiger partial charge in [0.25, 0.3) is 11.5 Å². The number of aromatic amines is 1. The first-order valence-electron chi connectivity index (χ1n) is 4.74. The third kappa shape index (κ3) is 2.78. The zero-order valence-electron chi connectivity index (χ0n) is 8.58. The lowest BCUT2D eigenvalue weighted by Crippen LogP contribution is -2.36. The lowest BCUT2D eigenvalue weighted by atomic mass is 10.3. The average molecular weight is 255 g/mol. The lowest BCUT2D eigenvalue weighted by Gasteiger charge is -2.08. The Morgan fingerprint density at radius 2 is 2.24 bits per heavy atom. The molecule has 0 saturated heterocycles. The number of hydrogen-bond donors (Lipinski definition) is 2. The maximum absolute atomic E-state index is 11.6. The fraction of sp³-hybridized carbons (Fsp3) is 0.222. The van der Waals surface area contributed by atoms with Gasteiger partial charge in [-0.15, -0.1) is 0 Å². The number of rotatable bonds is 2. The van der Waals surface area contributed by atoms with E-state index < -0.39 is 27.3 Å². The molecular formula is C9H9N3O4S. The number of carbonyl (C=O) groups excluding carboxylic acids is 1.